The van der Waals surface area contributed by atoms with Crippen molar-refractivity contribution in [1.29, 1.82) is 0 Å². The molecule has 0 spiro atoms. The first-order valence-electron chi connectivity index (χ1n) is 4.57. The monoisotopic (exact) mass is 254 g/mol. The largest absolute Gasteiger partial charge is 0.229 e. The highest BCUT2D eigenvalue weighted by atomic mass is 35.5. The molecule has 5 heteroatoms. The summed E-state index contributed by atoms with van der Waals surface area (Å²) < 4.78 is 13.0. The van der Waals surface area contributed by atoms with Gasteiger partial charge in [-0.3, -0.25) is 0 Å². The van der Waals surface area contributed by atoms with Crippen molar-refractivity contribution >= 4 is 23.4 Å². The van der Waals surface area contributed by atoms with Crippen LogP contribution in [-0.4, -0.2) is 9.97 Å². The van der Waals surface area contributed by atoms with Gasteiger partial charge in [-0.1, -0.05) is 29.4 Å². The van der Waals surface area contributed by atoms with E-state index in [-0.39, 0.29) is 5.82 Å². The molecule has 1 aromatic heterocycles. The first-order valence-corrected chi connectivity index (χ1v) is 5.77. The van der Waals surface area contributed by atoms with Crippen molar-refractivity contribution in [2.75, 3.05) is 0 Å². The van der Waals surface area contributed by atoms with E-state index in [0.717, 1.165) is 15.5 Å². The lowest BCUT2D eigenvalue weighted by Crippen LogP contribution is -1.89. The molecule has 2 aromatic rings. The van der Waals surface area contributed by atoms with E-state index in [1.807, 2.05) is 13.0 Å². The highest BCUT2D eigenvalue weighted by Gasteiger charge is 2.07. The number of nitrogens with zero attached hydrogens (tertiary/aromatic N) is 2. The summed E-state index contributed by atoms with van der Waals surface area (Å²) in [6.07, 6.45) is 1.40. The Labute approximate surface area is 102 Å². The van der Waals surface area contributed by atoms with Gasteiger partial charge in [0.25, 0.3) is 0 Å². The minimum Gasteiger partial charge on any atom is -0.229 e. The molecule has 1 heterocycles. The Morgan fingerprint density at radius 1 is 1.31 bits per heavy atom. The third-order valence-electron chi connectivity index (χ3n) is 1.99. The Morgan fingerprint density at radius 2 is 2.12 bits per heavy atom. The van der Waals surface area contributed by atoms with Crippen molar-refractivity contribution in [1.82, 2.24) is 9.97 Å². The lowest BCUT2D eigenvalue weighted by molar-refractivity contribution is 0.624. The van der Waals surface area contributed by atoms with Gasteiger partial charge in [0, 0.05) is 10.5 Å². The predicted molar refractivity (Wildman–Crippen MR) is 62.3 cm³/mol. The maximum Gasteiger partial charge on any atom is 0.136 e. The zero-order chi connectivity index (χ0) is 11.5. The maximum atomic E-state index is 13.0. The highest BCUT2D eigenvalue weighted by molar-refractivity contribution is 7.99. The molecular formula is C11H8ClFN2S. The number of halogens is 2. The predicted octanol–water partition coefficient (Wildman–Crippen LogP) is 3.73. The van der Waals surface area contributed by atoms with Gasteiger partial charge in [0.1, 0.15) is 22.3 Å². The van der Waals surface area contributed by atoms with Gasteiger partial charge in [0.2, 0.25) is 0 Å². The zero-order valence-corrected chi connectivity index (χ0v) is 10.0. The van der Waals surface area contributed by atoms with Crippen LogP contribution in [0.2, 0.25) is 5.15 Å². The topological polar surface area (TPSA) is 25.8 Å². The number of benzene rings is 1. The summed E-state index contributed by atoms with van der Waals surface area (Å²) in [4.78, 5) is 8.76. The molecule has 0 aliphatic carbocycles. The van der Waals surface area contributed by atoms with Crippen molar-refractivity contribution in [3.63, 3.8) is 0 Å². The molecule has 2 rings (SSSR count). The fraction of sp³-hybridized carbons (Fsp3) is 0.0909. The normalized spacial score (nSPS) is 10.4. The molecule has 0 N–H and O–H groups in total. The van der Waals surface area contributed by atoms with Crippen molar-refractivity contribution in [3.05, 3.63) is 47.1 Å². The third kappa shape index (κ3) is 2.51. The summed E-state index contributed by atoms with van der Waals surface area (Å²) in [6.45, 7) is 1.84. The minimum atomic E-state index is -0.261. The summed E-state index contributed by atoms with van der Waals surface area (Å²) in [6, 6.07) is 6.35. The molecule has 1 aromatic carbocycles. The molecule has 0 saturated carbocycles. The molecule has 0 aliphatic heterocycles. The Morgan fingerprint density at radius 3 is 2.88 bits per heavy atom. The second kappa shape index (κ2) is 4.80. The molecule has 0 radical (unpaired) electrons. The molecule has 2 nitrogen and oxygen atoms in total. The lowest BCUT2D eigenvalue weighted by Gasteiger charge is -2.04. The Hall–Kier alpha value is -1.13. The molecule has 16 heavy (non-hydrogen) atoms. The molecule has 0 aliphatic rings. The van der Waals surface area contributed by atoms with Crippen LogP contribution >= 0.6 is 23.4 Å². The van der Waals surface area contributed by atoms with Crippen molar-refractivity contribution < 1.29 is 4.39 Å². The fourth-order valence-electron chi connectivity index (χ4n) is 1.16. The smallest absolute Gasteiger partial charge is 0.136 e. The minimum absolute atomic E-state index is 0.261. The standard InChI is InChI=1S/C11H8ClFN2S/c1-7-10(12)14-6-15-11(7)16-9-4-2-3-8(13)5-9/h2-6H,1H3. The van der Waals surface area contributed by atoms with Crippen LogP contribution in [0.4, 0.5) is 4.39 Å². The van der Waals surface area contributed by atoms with Gasteiger partial charge in [0.05, 0.1) is 0 Å². The van der Waals surface area contributed by atoms with Gasteiger partial charge >= 0.3 is 0 Å². The van der Waals surface area contributed by atoms with Gasteiger partial charge in [-0.2, -0.15) is 0 Å². The van der Waals surface area contributed by atoms with E-state index in [1.165, 1.54) is 30.2 Å². The first-order chi connectivity index (χ1) is 7.66. The summed E-state index contributed by atoms with van der Waals surface area (Å²) in [5.41, 5.74) is 0.804. The van der Waals surface area contributed by atoms with Gasteiger partial charge < -0.3 is 0 Å². The zero-order valence-electron chi connectivity index (χ0n) is 8.45. The SMILES string of the molecule is Cc1c(Cl)ncnc1Sc1cccc(F)c1. The first kappa shape index (κ1) is 11.4. The van der Waals surface area contributed by atoms with Crippen molar-refractivity contribution in [3.8, 4) is 0 Å². The quantitative estimate of drug-likeness (QED) is 0.764. The van der Waals surface area contributed by atoms with Crippen LogP contribution in [0.5, 0.6) is 0 Å². The van der Waals surface area contributed by atoms with Gasteiger partial charge in [-0.25, -0.2) is 14.4 Å². The molecule has 0 amide bonds. The molecule has 0 atom stereocenters. The molecule has 0 bridgehead atoms. The van der Waals surface area contributed by atoms with E-state index in [9.17, 15) is 4.39 Å². The number of aromatic nitrogens is 2. The van der Waals surface area contributed by atoms with Crippen molar-refractivity contribution in [2.45, 2.75) is 16.8 Å². The van der Waals surface area contributed by atoms with Crippen LogP contribution in [0, 0.1) is 12.7 Å². The summed E-state index contributed by atoms with van der Waals surface area (Å²) >= 11 is 7.24. The Balaban J connectivity index is 2.31. The second-order valence-corrected chi connectivity index (χ2v) is 4.57. The molecule has 0 fully saturated rings. The Bertz CT molecular complexity index is 519. The highest BCUT2D eigenvalue weighted by Crippen LogP contribution is 2.30. The molecule has 0 unspecified atom stereocenters. The van der Waals surface area contributed by atoms with Crippen LogP contribution in [0.15, 0.2) is 40.5 Å². The lowest BCUT2D eigenvalue weighted by atomic mass is 10.3. The van der Waals surface area contributed by atoms with Gasteiger partial charge in [-0.05, 0) is 25.1 Å². The molecule has 82 valence electrons. The van der Waals surface area contributed by atoms with E-state index < -0.39 is 0 Å². The van der Waals surface area contributed by atoms with E-state index in [1.54, 1.807) is 6.07 Å². The number of rotatable bonds is 2. The average molecular weight is 255 g/mol. The van der Waals surface area contributed by atoms with Crippen LogP contribution < -0.4 is 0 Å². The summed E-state index contributed by atoms with van der Waals surface area (Å²) in [5.74, 6) is -0.261. The van der Waals surface area contributed by atoms with E-state index in [4.69, 9.17) is 11.6 Å². The van der Waals surface area contributed by atoms with Crippen LogP contribution in [-0.2, 0) is 0 Å². The second-order valence-electron chi connectivity index (χ2n) is 3.15. The van der Waals surface area contributed by atoms with E-state index >= 15 is 0 Å². The molecular weight excluding hydrogens is 247 g/mol. The van der Waals surface area contributed by atoms with Crippen LogP contribution in [0.1, 0.15) is 5.56 Å². The number of hydrogen-bond acceptors (Lipinski definition) is 3. The van der Waals surface area contributed by atoms with Crippen molar-refractivity contribution in [2.24, 2.45) is 0 Å². The summed E-state index contributed by atoms with van der Waals surface area (Å²) in [5, 5.41) is 1.17. The molecule has 0 saturated heterocycles. The summed E-state index contributed by atoms with van der Waals surface area (Å²) in [7, 11) is 0. The maximum absolute atomic E-state index is 13.0. The number of hydrogen-bond donors (Lipinski definition) is 0. The fourth-order valence-corrected chi connectivity index (χ4v) is 2.24. The van der Waals surface area contributed by atoms with Crippen LogP contribution in [0.3, 0.4) is 0 Å². The average Bonchev–Trinajstić information content (AvgIpc) is 2.25. The van der Waals surface area contributed by atoms with Crippen LogP contribution in [0.25, 0.3) is 0 Å². The van der Waals surface area contributed by atoms with E-state index in [2.05, 4.69) is 9.97 Å². The Kier molecular flexibility index (Phi) is 3.41. The third-order valence-corrected chi connectivity index (χ3v) is 3.46. The van der Waals surface area contributed by atoms with Gasteiger partial charge in [0.15, 0.2) is 0 Å². The van der Waals surface area contributed by atoms with Gasteiger partial charge in [-0.15, -0.1) is 0 Å². The van der Waals surface area contributed by atoms with E-state index in [0.29, 0.717) is 5.15 Å².